The zero-order chi connectivity index (χ0) is 8.81. The predicted octanol–water partition coefficient (Wildman–Crippen LogP) is -0.544. The Bertz CT molecular complexity index is 150. The first-order valence-corrected chi connectivity index (χ1v) is 4.89. The Balaban J connectivity index is 2.00. The average Bonchev–Trinajstić information content (AvgIpc) is 2.89. The van der Waals surface area contributed by atoms with Gasteiger partial charge in [0.05, 0.1) is 14.2 Å². The van der Waals surface area contributed by atoms with Crippen LogP contribution in [0.25, 0.3) is 0 Å². The van der Waals surface area contributed by atoms with Crippen molar-refractivity contribution < 1.29 is 23.1 Å². The molecule has 1 rings (SSSR count). The zero-order valence-corrected chi connectivity index (χ0v) is 8.11. The lowest BCUT2D eigenvalue weighted by Crippen LogP contribution is -2.14. The van der Waals surface area contributed by atoms with E-state index < -0.39 is 8.90 Å². The first kappa shape index (κ1) is 9.49. The molecule has 0 radical (unpaired) electrons. The summed E-state index contributed by atoms with van der Waals surface area (Å²) in [5.74, 6) is 1.52. The molecule has 1 heterocycles. The molecule has 0 aromatic heterocycles. The lowest BCUT2D eigenvalue weighted by molar-refractivity contribution is -0.0365. The maximum Gasteiger partial charge on any atom is 0.518 e. The Morgan fingerprint density at radius 1 is 1.50 bits per heavy atom. The van der Waals surface area contributed by atoms with E-state index in [2.05, 4.69) is 0 Å². The summed E-state index contributed by atoms with van der Waals surface area (Å²) in [7, 11) is 1.78. The van der Waals surface area contributed by atoms with Crippen molar-refractivity contribution in [1.29, 1.82) is 0 Å². The van der Waals surface area contributed by atoms with Crippen LogP contribution in [0.3, 0.4) is 0 Å². The van der Waals surface area contributed by atoms with Crippen LogP contribution in [-0.2, 0) is 23.1 Å². The summed E-state index contributed by atoms with van der Waals surface area (Å²) in [6.45, 7) is 0.848. The van der Waals surface area contributed by atoms with E-state index in [0.29, 0.717) is 6.61 Å². The van der Waals surface area contributed by atoms with Crippen LogP contribution in [0.5, 0.6) is 0 Å². The average molecular weight is 192 g/mol. The van der Waals surface area contributed by atoms with Crippen molar-refractivity contribution in [2.75, 3.05) is 27.6 Å². The van der Waals surface area contributed by atoms with Gasteiger partial charge in [0.1, 0.15) is 12.5 Å². The van der Waals surface area contributed by atoms with Gasteiger partial charge in [-0.25, -0.2) is 0 Å². The van der Waals surface area contributed by atoms with Crippen molar-refractivity contribution in [3.63, 3.8) is 0 Å². The van der Waals surface area contributed by atoms with Gasteiger partial charge in [-0.3, -0.25) is 0 Å². The highest BCUT2D eigenvalue weighted by atomic mass is 28.3. The van der Waals surface area contributed by atoms with E-state index in [0.717, 1.165) is 0 Å². The topological polar surface area (TPSA) is 49.5 Å². The molecule has 12 heavy (non-hydrogen) atoms. The van der Waals surface area contributed by atoms with Crippen LogP contribution in [0.15, 0.2) is 0 Å². The van der Waals surface area contributed by atoms with Crippen molar-refractivity contribution in [2.24, 2.45) is 0 Å². The first-order valence-electron chi connectivity index (χ1n) is 3.49. The summed E-state index contributed by atoms with van der Waals surface area (Å²) >= 11 is 0. The lowest BCUT2D eigenvalue weighted by atomic mass is 10.9. The summed E-state index contributed by atoms with van der Waals surface area (Å²) < 4.78 is 24.7. The van der Waals surface area contributed by atoms with Gasteiger partial charge in [0.2, 0.25) is 0 Å². The first-order chi connectivity index (χ1) is 5.86. The van der Waals surface area contributed by atoms with Gasteiger partial charge in [-0.2, -0.15) is 0 Å². The Morgan fingerprint density at radius 2 is 2.17 bits per heavy atom. The van der Waals surface area contributed by atoms with Gasteiger partial charge in [0.25, 0.3) is 0 Å². The summed E-state index contributed by atoms with van der Waals surface area (Å²) in [6, 6.07) is 0. The number of hydrogen-bond acceptors (Lipinski definition) is 5. The van der Waals surface area contributed by atoms with Gasteiger partial charge in [0, 0.05) is 0 Å². The smallest absolute Gasteiger partial charge is 0.518 e. The standard InChI is InChI=1S/C6H12O5Si/c1-7-12(8-2)5-9-4-11-6-3-10-6/h5-6H,3-4H2,1-2H3. The maximum absolute atomic E-state index is 5.02. The number of hydrogen-bond donors (Lipinski definition) is 0. The zero-order valence-electron chi connectivity index (χ0n) is 7.11. The number of epoxide rings is 1. The van der Waals surface area contributed by atoms with Crippen LogP contribution in [0.4, 0.5) is 0 Å². The molecule has 6 heteroatoms. The van der Waals surface area contributed by atoms with E-state index in [1.807, 2.05) is 0 Å². The molecule has 0 aliphatic carbocycles. The molecule has 0 amide bonds. The fourth-order valence-electron chi connectivity index (χ4n) is 0.532. The molecule has 1 aliphatic heterocycles. The fraction of sp³-hybridized carbons (Fsp3) is 0.833. The van der Waals surface area contributed by atoms with E-state index in [1.54, 1.807) is 14.2 Å². The Hall–Kier alpha value is -0.593. The molecule has 5 nitrogen and oxygen atoms in total. The van der Waals surface area contributed by atoms with Gasteiger partial charge in [-0.1, -0.05) is 0 Å². The molecule has 1 atom stereocenters. The van der Waals surface area contributed by atoms with Gasteiger partial charge in [-0.05, 0) is 0 Å². The van der Waals surface area contributed by atoms with Crippen LogP contribution in [-0.4, -0.2) is 48.7 Å². The van der Waals surface area contributed by atoms with Crippen LogP contribution < -0.4 is 0 Å². The van der Waals surface area contributed by atoms with Crippen molar-refractivity contribution in [3.8, 4) is 0 Å². The molecule has 1 aliphatic rings. The molecule has 0 saturated carbocycles. The summed E-state index contributed by atoms with van der Waals surface area (Å²) in [4.78, 5) is 0. The quantitative estimate of drug-likeness (QED) is 0.245. The minimum atomic E-state index is -1.37. The highest BCUT2D eigenvalue weighted by molar-refractivity contribution is 6.52. The molecular weight excluding hydrogens is 180 g/mol. The van der Waals surface area contributed by atoms with Gasteiger partial charge < -0.3 is 23.1 Å². The Morgan fingerprint density at radius 3 is 2.67 bits per heavy atom. The van der Waals surface area contributed by atoms with Crippen molar-refractivity contribution in [1.82, 2.24) is 0 Å². The molecule has 0 bridgehead atoms. The number of rotatable bonds is 6. The third kappa shape index (κ3) is 3.70. The number of ether oxygens (including phenoxy) is 3. The van der Waals surface area contributed by atoms with Gasteiger partial charge >= 0.3 is 8.90 Å². The second kappa shape index (κ2) is 5.12. The van der Waals surface area contributed by atoms with E-state index in [4.69, 9.17) is 23.1 Å². The van der Waals surface area contributed by atoms with E-state index in [-0.39, 0.29) is 13.1 Å². The second-order valence-electron chi connectivity index (χ2n) is 2.06. The predicted molar refractivity (Wildman–Crippen MR) is 42.6 cm³/mol. The third-order valence-corrected chi connectivity index (χ3v) is 2.37. The third-order valence-electron chi connectivity index (χ3n) is 1.21. The summed E-state index contributed by atoms with van der Waals surface area (Å²) in [5, 5.41) is 0. The molecule has 0 aromatic carbocycles. The molecule has 0 aromatic rings. The molecule has 70 valence electrons. The second-order valence-corrected chi connectivity index (χ2v) is 3.75. The highest BCUT2D eigenvalue weighted by Gasteiger charge is 2.22. The molecule has 0 spiro atoms. The van der Waals surface area contributed by atoms with Gasteiger partial charge in [0.15, 0.2) is 13.1 Å². The van der Waals surface area contributed by atoms with E-state index in [9.17, 15) is 0 Å². The lowest BCUT2D eigenvalue weighted by Gasteiger charge is -2.02. The normalized spacial score (nSPS) is 19.7. The minimum Gasteiger partial charge on any atom is -0.525 e. The summed E-state index contributed by atoms with van der Waals surface area (Å²) in [6.07, 6.45) is -0.0702. The molecule has 0 N–H and O–H groups in total. The van der Waals surface area contributed by atoms with E-state index >= 15 is 0 Å². The van der Waals surface area contributed by atoms with Crippen molar-refractivity contribution in [3.05, 3.63) is 0 Å². The van der Waals surface area contributed by atoms with Crippen molar-refractivity contribution >= 4 is 14.8 Å². The Kier molecular flexibility index (Phi) is 4.05. The largest absolute Gasteiger partial charge is 0.525 e. The van der Waals surface area contributed by atoms with Crippen LogP contribution in [0.1, 0.15) is 0 Å². The SMILES string of the molecule is CO[Si](=COCOC1CO1)OC. The van der Waals surface area contributed by atoms with E-state index in [1.165, 1.54) is 5.86 Å². The molecule has 1 fully saturated rings. The molecule has 1 saturated heterocycles. The Labute approximate surface area is 72.6 Å². The highest BCUT2D eigenvalue weighted by Crippen LogP contribution is 2.08. The molecular formula is C6H12O5Si. The molecule has 1 unspecified atom stereocenters. The van der Waals surface area contributed by atoms with Gasteiger partial charge in [-0.15, -0.1) is 0 Å². The minimum absolute atomic E-state index is 0.0702. The van der Waals surface area contributed by atoms with Crippen LogP contribution >= 0.6 is 0 Å². The van der Waals surface area contributed by atoms with Crippen LogP contribution in [0.2, 0.25) is 0 Å². The van der Waals surface area contributed by atoms with Crippen LogP contribution in [0, 0.1) is 0 Å². The maximum atomic E-state index is 5.02. The monoisotopic (exact) mass is 192 g/mol. The van der Waals surface area contributed by atoms with Crippen molar-refractivity contribution in [2.45, 2.75) is 6.29 Å². The fourth-order valence-corrected chi connectivity index (χ4v) is 1.10. The summed E-state index contributed by atoms with van der Waals surface area (Å²) in [5.41, 5.74) is 0.